The lowest BCUT2D eigenvalue weighted by atomic mass is 10.1. The van der Waals surface area contributed by atoms with E-state index in [4.69, 9.17) is 11.6 Å². The van der Waals surface area contributed by atoms with Crippen molar-refractivity contribution >= 4 is 23.2 Å². The van der Waals surface area contributed by atoms with Gasteiger partial charge in [0.2, 0.25) is 0 Å². The summed E-state index contributed by atoms with van der Waals surface area (Å²) in [5, 5.41) is 3.70. The van der Waals surface area contributed by atoms with E-state index in [1.807, 2.05) is 0 Å². The van der Waals surface area contributed by atoms with E-state index in [1.54, 1.807) is 35.2 Å². The summed E-state index contributed by atoms with van der Waals surface area (Å²) in [5.41, 5.74) is -0.809. The minimum Gasteiger partial charge on any atom is -0.337 e. The zero-order valence-corrected chi connectivity index (χ0v) is 14.8. The number of hydrogen-bond donors (Lipinski definition) is 0. The smallest absolute Gasteiger partial charge is 0.337 e. The van der Waals surface area contributed by atoms with Crippen LogP contribution in [0.2, 0.25) is 5.02 Å². The summed E-state index contributed by atoms with van der Waals surface area (Å²) in [6, 6.07) is 9.38. The molecule has 1 aliphatic heterocycles. The van der Waals surface area contributed by atoms with Gasteiger partial charge in [-0.15, -0.1) is 0 Å². The van der Waals surface area contributed by atoms with Crippen molar-refractivity contribution in [2.45, 2.75) is 19.0 Å². The number of halogens is 4. The average molecular weight is 395 g/mol. The summed E-state index contributed by atoms with van der Waals surface area (Å²) in [6.07, 6.45) is -2.99. The molecule has 0 atom stereocenters. The van der Waals surface area contributed by atoms with Crippen LogP contribution in [0.25, 0.3) is 16.9 Å². The topological polar surface area (TPSA) is 50.5 Å². The Bertz CT molecular complexity index is 1010. The lowest BCUT2D eigenvalue weighted by Crippen LogP contribution is -2.28. The van der Waals surface area contributed by atoms with Crippen LogP contribution in [-0.4, -0.2) is 38.5 Å². The van der Waals surface area contributed by atoms with Crippen LogP contribution in [0.5, 0.6) is 0 Å². The lowest BCUT2D eigenvalue weighted by molar-refractivity contribution is -0.142. The molecule has 140 valence electrons. The zero-order chi connectivity index (χ0) is 19.2. The van der Waals surface area contributed by atoms with Crippen molar-refractivity contribution in [3.05, 3.63) is 52.8 Å². The Balaban J connectivity index is 1.93. The number of aromatic nitrogens is 3. The Morgan fingerprint density at radius 1 is 1.11 bits per heavy atom. The highest BCUT2D eigenvalue weighted by Crippen LogP contribution is 2.34. The standard InChI is InChI=1S/C18H14ClF3N4O/c19-14-15(17(27)25-8-4-5-9-25)24-26-13(18(20,21)22)10-12(23-16(14)26)11-6-2-1-3-7-11/h1-3,6-7,10H,4-5,8-9H2. The van der Waals surface area contributed by atoms with Gasteiger partial charge in [-0.25, -0.2) is 9.50 Å². The fourth-order valence-electron chi connectivity index (χ4n) is 3.16. The highest BCUT2D eigenvalue weighted by molar-refractivity contribution is 6.36. The summed E-state index contributed by atoms with van der Waals surface area (Å²) in [5.74, 6) is -0.475. The van der Waals surface area contributed by atoms with E-state index in [2.05, 4.69) is 10.1 Å². The van der Waals surface area contributed by atoms with Gasteiger partial charge in [0.05, 0.1) is 5.69 Å². The van der Waals surface area contributed by atoms with Crippen LogP contribution in [0.1, 0.15) is 29.0 Å². The summed E-state index contributed by atoms with van der Waals surface area (Å²) in [7, 11) is 0. The second kappa shape index (κ2) is 6.53. The van der Waals surface area contributed by atoms with Gasteiger partial charge in [0.1, 0.15) is 5.02 Å². The molecule has 3 aromatic rings. The van der Waals surface area contributed by atoms with E-state index in [0.717, 1.165) is 18.9 Å². The fraction of sp³-hybridized carbons (Fsp3) is 0.278. The normalized spacial score (nSPS) is 14.9. The minimum atomic E-state index is -4.69. The van der Waals surface area contributed by atoms with Crippen molar-refractivity contribution in [1.29, 1.82) is 0 Å². The molecule has 1 aromatic carbocycles. The van der Waals surface area contributed by atoms with E-state index in [9.17, 15) is 18.0 Å². The Morgan fingerprint density at radius 2 is 1.78 bits per heavy atom. The quantitative estimate of drug-likeness (QED) is 0.651. The molecule has 0 aliphatic carbocycles. The molecular formula is C18H14ClF3N4O. The molecule has 5 nitrogen and oxygen atoms in total. The van der Waals surface area contributed by atoms with Crippen molar-refractivity contribution in [1.82, 2.24) is 19.5 Å². The maximum Gasteiger partial charge on any atom is 0.433 e. The van der Waals surface area contributed by atoms with Crippen LogP contribution < -0.4 is 0 Å². The third kappa shape index (κ3) is 3.14. The molecule has 3 heterocycles. The largest absolute Gasteiger partial charge is 0.433 e. The number of likely N-dealkylation sites (tertiary alicyclic amines) is 1. The number of benzene rings is 1. The number of carbonyl (C=O) groups excluding carboxylic acids is 1. The zero-order valence-electron chi connectivity index (χ0n) is 14.0. The maximum absolute atomic E-state index is 13.6. The van der Waals surface area contributed by atoms with Crippen molar-refractivity contribution in [2.75, 3.05) is 13.1 Å². The van der Waals surface area contributed by atoms with Gasteiger partial charge in [0.15, 0.2) is 17.0 Å². The van der Waals surface area contributed by atoms with Crippen LogP contribution in [0.3, 0.4) is 0 Å². The van der Waals surface area contributed by atoms with Gasteiger partial charge < -0.3 is 4.90 Å². The average Bonchev–Trinajstić information content (AvgIpc) is 3.29. The predicted octanol–water partition coefficient (Wildman–Crippen LogP) is 4.30. The Hall–Kier alpha value is -2.61. The van der Waals surface area contributed by atoms with E-state index >= 15 is 0 Å². The second-order valence-corrected chi connectivity index (χ2v) is 6.67. The Labute approximate surface area is 157 Å². The molecular weight excluding hydrogens is 381 g/mol. The van der Waals surface area contributed by atoms with Crippen LogP contribution >= 0.6 is 11.6 Å². The molecule has 0 bridgehead atoms. The molecule has 1 aliphatic rings. The molecule has 0 radical (unpaired) electrons. The van der Waals surface area contributed by atoms with Crippen LogP contribution in [0, 0.1) is 0 Å². The maximum atomic E-state index is 13.6. The van der Waals surface area contributed by atoms with E-state index in [1.165, 1.54) is 0 Å². The van der Waals surface area contributed by atoms with Crippen LogP contribution in [-0.2, 0) is 6.18 Å². The van der Waals surface area contributed by atoms with Crippen molar-refractivity contribution in [3.63, 3.8) is 0 Å². The van der Waals surface area contributed by atoms with Crippen molar-refractivity contribution in [2.24, 2.45) is 0 Å². The number of hydrogen-bond acceptors (Lipinski definition) is 3. The fourth-order valence-corrected chi connectivity index (χ4v) is 3.40. The van der Waals surface area contributed by atoms with Gasteiger partial charge in [-0.2, -0.15) is 18.3 Å². The molecule has 9 heteroatoms. The van der Waals surface area contributed by atoms with Gasteiger partial charge in [-0.3, -0.25) is 4.79 Å². The number of alkyl halides is 3. The number of fused-ring (bicyclic) bond motifs is 1. The Morgan fingerprint density at radius 3 is 2.41 bits per heavy atom. The molecule has 0 N–H and O–H groups in total. The molecule has 1 saturated heterocycles. The van der Waals surface area contributed by atoms with Gasteiger partial charge in [0.25, 0.3) is 5.91 Å². The lowest BCUT2D eigenvalue weighted by Gasteiger charge is -2.13. The van der Waals surface area contributed by atoms with Crippen molar-refractivity contribution in [3.8, 4) is 11.3 Å². The SMILES string of the molecule is O=C(c1nn2c(C(F)(F)F)cc(-c3ccccc3)nc2c1Cl)N1CCCC1. The van der Waals surface area contributed by atoms with Gasteiger partial charge in [0, 0.05) is 18.7 Å². The number of rotatable bonds is 2. The highest BCUT2D eigenvalue weighted by Gasteiger charge is 2.37. The minimum absolute atomic E-state index is 0.109. The predicted molar refractivity (Wildman–Crippen MR) is 93.6 cm³/mol. The molecule has 0 spiro atoms. The molecule has 1 amide bonds. The molecule has 2 aromatic heterocycles. The number of amides is 1. The summed E-state index contributed by atoms with van der Waals surface area (Å²) >= 11 is 6.25. The Kier molecular flexibility index (Phi) is 4.30. The molecule has 4 rings (SSSR count). The van der Waals surface area contributed by atoms with Crippen LogP contribution in [0.15, 0.2) is 36.4 Å². The van der Waals surface area contributed by atoms with E-state index in [-0.39, 0.29) is 22.1 Å². The van der Waals surface area contributed by atoms with Gasteiger partial charge in [-0.1, -0.05) is 41.9 Å². The first kappa shape index (κ1) is 17.8. The molecule has 27 heavy (non-hydrogen) atoms. The first-order chi connectivity index (χ1) is 12.9. The monoisotopic (exact) mass is 394 g/mol. The highest BCUT2D eigenvalue weighted by atomic mass is 35.5. The van der Waals surface area contributed by atoms with Gasteiger partial charge >= 0.3 is 6.18 Å². The molecule has 0 saturated carbocycles. The van der Waals surface area contributed by atoms with Crippen molar-refractivity contribution < 1.29 is 18.0 Å². The molecule has 0 unspecified atom stereocenters. The second-order valence-electron chi connectivity index (χ2n) is 6.29. The first-order valence-electron chi connectivity index (χ1n) is 8.37. The number of nitrogens with zero attached hydrogens (tertiary/aromatic N) is 4. The summed E-state index contributed by atoms with van der Waals surface area (Å²) in [6.45, 7) is 1.08. The summed E-state index contributed by atoms with van der Waals surface area (Å²) in [4.78, 5) is 18.4. The first-order valence-corrected chi connectivity index (χ1v) is 8.75. The third-order valence-corrected chi connectivity index (χ3v) is 4.84. The molecule has 1 fully saturated rings. The van der Waals surface area contributed by atoms with Crippen LogP contribution in [0.4, 0.5) is 13.2 Å². The third-order valence-electron chi connectivity index (χ3n) is 4.49. The van der Waals surface area contributed by atoms with E-state index in [0.29, 0.717) is 23.2 Å². The summed E-state index contributed by atoms with van der Waals surface area (Å²) < 4.78 is 41.5. The number of carbonyl (C=O) groups is 1. The van der Waals surface area contributed by atoms with Gasteiger partial charge in [-0.05, 0) is 18.9 Å². The van der Waals surface area contributed by atoms with E-state index < -0.39 is 17.8 Å².